The predicted molar refractivity (Wildman–Crippen MR) is 110 cm³/mol. The third kappa shape index (κ3) is 5.07. The fraction of sp³-hybridized carbons (Fsp3) is 0.450. The first-order valence-electron chi connectivity index (χ1n) is 9.20. The summed E-state index contributed by atoms with van der Waals surface area (Å²) in [6.07, 6.45) is 2.31. The molecule has 7 heteroatoms. The van der Waals surface area contributed by atoms with E-state index in [9.17, 15) is 9.59 Å². The van der Waals surface area contributed by atoms with Crippen LogP contribution in [0.15, 0.2) is 35.5 Å². The average molecular weight is 390 g/mol. The number of carbonyl (C=O) groups excluding carboxylic acids is 2. The lowest BCUT2D eigenvalue weighted by molar-refractivity contribution is -0.139. The summed E-state index contributed by atoms with van der Waals surface area (Å²) in [6.45, 7) is 5.97. The van der Waals surface area contributed by atoms with E-state index in [1.807, 2.05) is 45.2 Å². The minimum Gasteiger partial charge on any atom is -0.463 e. The first-order valence-corrected chi connectivity index (χ1v) is 9.61. The zero-order valence-corrected chi connectivity index (χ0v) is 17.1. The SMILES string of the molecule is CCCCC(=O)Nc1cccc([C@@H]2NC(=S)N(C)C(C)=C2C(=O)OCC)c1. The van der Waals surface area contributed by atoms with Gasteiger partial charge in [-0.25, -0.2) is 4.79 Å². The molecule has 1 heterocycles. The second-order valence-electron chi connectivity index (χ2n) is 6.44. The number of anilines is 1. The van der Waals surface area contributed by atoms with Gasteiger partial charge in [0.25, 0.3) is 0 Å². The average Bonchev–Trinajstić information content (AvgIpc) is 2.64. The molecule has 1 aliphatic heterocycles. The molecule has 0 radical (unpaired) electrons. The maximum absolute atomic E-state index is 12.6. The maximum Gasteiger partial charge on any atom is 0.338 e. The van der Waals surface area contributed by atoms with Crippen LogP contribution in [0, 0.1) is 0 Å². The molecule has 1 aliphatic rings. The highest BCUT2D eigenvalue weighted by Gasteiger charge is 2.33. The number of ether oxygens (including phenoxy) is 1. The van der Waals surface area contributed by atoms with E-state index in [0.29, 0.717) is 29.4 Å². The highest BCUT2D eigenvalue weighted by molar-refractivity contribution is 7.80. The molecular weight excluding hydrogens is 362 g/mol. The van der Waals surface area contributed by atoms with E-state index >= 15 is 0 Å². The van der Waals surface area contributed by atoms with Crippen molar-refractivity contribution in [3.63, 3.8) is 0 Å². The van der Waals surface area contributed by atoms with Gasteiger partial charge in [-0.05, 0) is 50.2 Å². The van der Waals surface area contributed by atoms with Crippen LogP contribution in [0.2, 0.25) is 0 Å². The molecule has 1 amide bonds. The summed E-state index contributed by atoms with van der Waals surface area (Å²) in [6, 6.07) is 7.02. The number of benzene rings is 1. The number of hydrogen-bond acceptors (Lipinski definition) is 4. The van der Waals surface area contributed by atoms with Gasteiger partial charge in [0.1, 0.15) is 0 Å². The molecule has 0 saturated heterocycles. The van der Waals surface area contributed by atoms with E-state index in [0.717, 1.165) is 24.1 Å². The molecule has 0 bridgehead atoms. The number of hydrogen-bond donors (Lipinski definition) is 2. The van der Waals surface area contributed by atoms with Gasteiger partial charge in [0, 0.05) is 24.9 Å². The summed E-state index contributed by atoms with van der Waals surface area (Å²) in [5.74, 6) is -0.391. The van der Waals surface area contributed by atoms with E-state index in [-0.39, 0.29) is 11.9 Å². The number of thiocarbonyl (C=S) groups is 1. The molecule has 0 fully saturated rings. The quantitative estimate of drug-likeness (QED) is 0.549. The first kappa shape index (κ1) is 20.9. The van der Waals surface area contributed by atoms with Crippen LogP contribution < -0.4 is 10.6 Å². The van der Waals surface area contributed by atoms with Crippen molar-refractivity contribution in [2.75, 3.05) is 19.0 Å². The molecule has 2 rings (SSSR count). The largest absolute Gasteiger partial charge is 0.463 e. The summed E-state index contributed by atoms with van der Waals surface area (Å²) in [5.41, 5.74) is 2.80. The predicted octanol–water partition coefficient (Wildman–Crippen LogP) is 3.51. The van der Waals surface area contributed by atoms with Gasteiger partial charge in [0.05, 0.1) is 18.2 Å². The maximum atomic E-state index is 12.6. The minimum absolute atomic E-state index is 0.0156. The zero-order chi connectivity index (χ0) is 20.0. The van der Waals surface area contributed by atoms with Gasteiger partial charge in [0.2, 0.25) is 5.91 Å². The number of esters is 1. The topological polar surface area (TPSA) is 70.7 Å². The highest BCUT2D eigenvalue weighted by Crippen LogP contribution is 2.31. The number of allylic oxidation sites excluding steroid dienone is 1. The number of nitrogens with one attached hydrogen (secondary N) is 2. The van der Waals surface area contributed by atoms with E-state index in [1.165, 1.54) is 0 Å². The van der Waals surface area contributed by atoms with E-state index in [1.54, 1.807) is 11.8 Å². The summed E-state index contributed by atoms with van der Waals surface area (Å²) < 4.78 is 5.25. The lowest BCUT2D eigenvalue weighted by atomic mass is 9.95. The van der Waals surface area contributed by atoms with E-state index in [4.69, 9.17) is 17.0 Å². The fourth-order valence-corrected chi connectivity index (χ4v) is 3.17. The second-order valence-corrected chi connectivity index (χ2v) is 6.82. The van der Waals surface area contributed by atoms with Gasteiger partial charge in [-0.15, -0.1) is 0 Å². The Bertz CT molecular complexity index is 761. The molecule has 146 valence electrons. The second kappa shape index (κ2) is 9.50. The Labute approximate surface area is 166 Å². The Balaban J connectivity index is 2.34. The van der Waals surface area contributed by atoms with Crippen molar-refractivity contribution in [2.24, 2.45) is 0 Å². The molecule has 6 nitrogen and oxygen atoms in total. The van der Waals surface area contributed by atoms with Crippen molar-refractivity contribution in [1.82, 2.24) is 10.2 Å². The van der Waals surface area contributed by atoms with Gasteiger partial charge in [-0.1, -0.05) is 25.5 Å². The lowest BCUT2D eigenvalue weighted by Crippen LogP contribution is -2.46. The molecule has 0 aliphatic carbocycles. The van der Waals surface area contributed by atoms with E-state index in [2.05, 4.69) is 10.6 Å². The Morgan fingerprint density at radius 2 is 2.07 bits per heavy atom. The Morgan fingerprint density at radius 1 is 1.33 bits per heavy atom. The van der Waals surface area contributed by atoms with Crippen molar-refractivity contribution >= 4 is 34.9 Å². The molecule has 1 aromatic rings. The minimum atomic E-state index is -0.430. The van der Waals surface area contributed by atoms with Crippen LogP contribution in [0.3, 0.4) is 0 Å². The molecule has 1 atom stereocenters. The van der Waals surface area contributed by atoms with Crippen LogP contribution >= 0.6 is 12.2 Å². The molecule has 27 heavy (non-hydrogen) atoms. The van der Waals surface area contributed by atoms with Crippen molar-refractivity contribution in [3.8, 4) is 0 Å². The number of amides is 1. The third-order valence-electron chi connectivity index (χ3n) is 4.51. The van der Waals surface area contributed by atoms with Gasteiger partial charge in [-0.2, -0.15) is 0 Å². The number of carbonyl (C=O) groups is 2. The molecular formula is C20H27N3O3S. The monoisotopic (exact) mass is 389 g/mol. The summed E-state index contributed by atoms with van der Waals surface area (Å²) in [4.78, 5) is 26.4. The van der Waals surface area contributed by atoms with Crippen molar-refractivity contribution in [1.29, 1.82) is 0 Å². The van der Waals surface area contributed by atoms with Gasteiger partial charge >= 0.3 is 5.97 Å². The molecule has 0 aromatic heterocycles. The highest BCUT2D eigenvalue weighted by atomic mass is 32.1. The molecule has 0 saturated carbocycles. The van der Waals surface area contributed by atoms with Gasteiger partial charge in [-0.3, -0.25) is 4.79 Å². The van der Waals surface area contributed by atoms with Crippen LogP contribution in [0.25, 0.3) is 0 Å². The Hall–Kier alpha value is -2.41. The molecule has 1 aromatic carbocycles. The van der Waals surface area contributed by atoms with Crippen LogP contribution in [-0.4, -0.2) is 35.5 Å². The molecule has 0 spiro atoms. The van der Waals surface area contributed by atoms with Crippen LogP contribution in [-0.2, 0) is 14.3 Å². The lowest BCUT2D eigenvalue weighted by Gasteiger charge is -2.35. The summed E-state index contributed by atoms with van der Waals surface area (Å²) in [7, 11) is 1.81. The Morgan fingerprint density at radius 3 is 2.74 bits per heavy atom. The van der Waals surface area contributed by atoms with E-state index < -0.39 is 6.04 Å². The smallest absolute Gasteiger partial charge is 0.338 e. The molecule has 2 N–H and O–H groups in total. The van der Waals surface area contributed by atoms with Crippen LogP contribution in [0.5, 0.6) is 0 Å². The summed E-state index contributed by atoms with van der Waals surface area (Å²) in [5, 5.41) is 6.65. The molecule has 0 unspecified atom stereocenters. The summed E-state index contributed by atoms with van der Waals surface area (Å²) >= 11 is 5.40. The fourth-order valence-electron chi connectivity index (χ4n) is 2.92. The standard InChI is InChI=1S/C20H27N3O3S/c1-5-7-11-16(24)21-15-10-8-9-14(12-15)18-17(19(25)26-6-2)13(3)23(4)20(27)22-18/h8-10,12,18H,5-7,11H2,1-4H3,(H,21,24)(H,22,27)/t18-/m0/s1. The zero-order valence-electron chi connectivity index (χ0n) is 16.3. The normalized spacial score (nSPS) is 16.8. The van der Waals surface area contributed by atoms with Crippen molar-refractivity contribution in [2.45, 2.75) is 46.1 Å². The van der Waals surface area contributed by atoms with Crippen molar-refractivity contribution in [3.05, 3.63) is 41.1 Å². The van der Waals surface area contributed by atoms with Gasteiger partial charge in [0.15, 0.2) is 5.11 Å². The third-order valence-corrected chi connectivity index (χ3v) is 4.90. The van der Waals surface area contributed by atoms with Crippen LogP contribution in [0.1, 0.15) is 51.6 Å². The Kier molecular flexibility index (Phi) is 7.36. The number of unbranched alkanes of at least 4 members (excludes halogenated alkanes) is 1. The van der Waals surface area contributed by atoms with Crippen molar-refractivity contribution < 1.29 is 14.3 Å². The number of nitrogens with zero attached hydrogens (tertiary/aromatic N) is 1. The number of rotatable bonds is 7. The first-order chi connectivity index (χ1) is 12.9. The van der Waals surface area contributed by atoms with Gasteiger partial charge < -0.3 is 20.3 Å². The van der Waals surface area contributed by atoms with Crippen LogP contribution in [0.4, 0.5) is 5.69 Å².